The van der Waals surface area contributed by atoms with Gasteiger partial charge in [0, 0.05) is 5.02 Å². The third-order valence-electron chi connectivity index (χ3n) is 3.01. The van der Waals surface area contributed by atoms with Crippen molar-refractivity contribution in [3.8, 4) is 0 Å². The fraction of sp³-hybridized carbons (Fsp3) is 0.333. The minimum atomic E-state index is -0.0151. The summed E-state index contributed by atoms with van der Waals surface area (Å²) >= 11 is 9.78. The Kier molecular flexibility index (Phi) is 5.08. The zero-order valence-electron chi connectivity index (χ0n) is 11.0. The molecule has 0 spiro atoms. The van der Waals surface area contributed by atoms with E-state index in [1.54, 1.807) is 0 Å². The maximum atomic E-state index is 6.43. The summed E-state index contributed by atoms with van der Waals surface area (Å²) in [4.78, 5) is 0. The molecule has 0 saturated carbocycles. The molecule has 2 rings (SSSR count). The van der Waals surface area contributed by atoms with E-state index in [-0.39, 0.29) is 6.04 Å². The molecule has 1 N–H and O–H groups in total. The average molecular weight is 343 g/mol. The van der Waals surface area contributed by atoms with Crippen molar-refractivity contribution in [1.29, 1.82) is 0 Å². The molecule has 1 aromatic carbocycles. The van der Waals surface area contributed by atoms with Gasteiger partial charge in [0.2, 0.25) is 0 Å². The number of hydrogen-bond acceptors (Lipinski definition) is 2. The number of nitrogens with one attached hydrogen (secondary N) is 1. The number of rotatable bonds is 5. The lowest BCUT2D eigenvalue weighted by Crippen LogP contribution is -2.23. The lowest BCUT2D eigenvalue weighted by Gasteiger charge is -2.19. The highest BCUT2D eigenvalue weighted by molar-refractivity contribution is 9.10. The van der Waals surface area contributed by atoms with Crippen molar-refractivity contribution in [2.75, 3.05) is 6.54 Å². The first kappa shape index (κ1) is 14.6. The minimum Gasteiger partial charge on any atom is -0.452 e. The van der Waals surface area contributed by atoms with E-state index < -0.39 is 0 Å². The molecule has 1 heterocycles. The molecule has 1 aromatic heterocycles. The van der Waals surface area contributed by atoms with E-state index in [4.69, 9.17) is 16.0 Å². The number of furan rings is 1. The lowest BCUT2D eigenvalue weighted by molar-refractivity contribution is 0.433. The SMILES string of the molecule is CCCNC(c1ccc(Br)o1)c1cccc(C)c1Cl. The van der Waals surface area contributed by atoms with Gasteiger partial charge in [0.15, 0.2) is 4.67 Å². The smallest absolute Gasteiger partial charge is 0.169 e. The van der Waals surface area contributed by atoms with Gasteiger partial charge in [-0.25, -0.2) is 0 Å². The van der Waals surface area contributed by atoms with E-state index in [1.807, 2.05) is 37.3 Å². The lowest BCUT2D eigenvalue weighted by atomic mass is 10.0. The third-order valence-corrected chi connectivity index (χ3v) is 3.95. The summed E-state index contributed by atoms with van der Waals surface area (Å²) in [5.41, 5.74) is 2.13. The van der Waals surface area contributed by atoms with Crippen LogP contribution in [0.3, 0.4) is 0 Å². The number of halogens is 2. The summed E-state index contributed by atoms with van der Waals surface area (Å²) in [5, 5.41) is 4.28. The van der Waals surface area contributed by atoms with Crippen LogP contribution in [0.5, 0.6) is 0 Å². The Hall–Kier alpha value is -0.770. The van der Waals surface area contributed by atoms with Crippen molar-refractivity contribution in [1.82, 2.24) is 5.32 Å². The molecule has 0 bridgehead atoms. The van der Waals surface area contributed by atoms with Crippen LogP contribution in [0.2, 0.25) is 5.02 Å². The summed E-state index contributed by atoms with van der Waals surface area (Å²) in [6, 6.07) is 9.93. The molecular weight excluding hydrogens is 326 g/mol. The zero-order chi connectivity index (χ0) is 13.8. The van der Waals surface area contributed by atoms with Crippen LogP contribution in [0.15, 0.2) is 39.4 Å². The zero-order valence-corrected chi connectivity index (χ0v) is 13.4. The van der Waals surface area contributed by atoms with Crippen LogP contribution in [-0.2, 0) is 0 Å². The van der Waals surface area contributed by atoms with Gasteiger partial charge >= 0.3 is 0 Å². The van der Waals surface area contributed by atoms with Gasteiger partial charge in [0.25, 0.3) is 0 Å². The molecule has 0 amide bonds. The maximum absolute atomic E-state index is 6.43. The molecule has 19 heavy (non-hydrogen) atoms. The van der Waals surface area contributed by atoms with Gasteiger partial charge in [-0.05, 0) is 59.1 Å². The molecule has 0 radical (unpaired) electrons. The predicted molar refractivity (Wildman–Crippen MR) is 82.7 cm³/mol. The van der Waals surface area contributed by atoms with E-state index in [0.717, 1.165) is 39.5 Å². The van der Waals surface area contributed by atoms with Crippen LogP contribution < -0.4 is 5.32 Å². The molecule has 2 nitrogen and oxygen atoms in total. The Labute approximate surface area is 127 Å². The Bertz CT molecular complexity index is 553. The molecule has 4 heteroatoms. The first-order valence-corrected chi connectivity index (χ1v) is 7.54. The quantitative estimate of drug-likeness (QED) is 0.818. The van der Waals surface area contributed by atoms with Crippen LogP contribution in [-0.4, -0.2) is 6.54 Å². The number of hydrogen-bond donors (Lipinski definition) is 1. The van der Waals surface area contributed by atoms with Gasteiger partial charge in [-0.15, -0.1) is 0 Å². The molecule has 1 atom stereocenters. The summed E-state index contributed by atoms with van der Waals surface area (Å²) in [6.45, 7) is 5.06. The van der Waals surface area contributed by atoms with E-state index >= 15 is 0 Å². The van der Waals surface area contributed by atoms with E-state index in [1.165, 1.54) is 0 Å². The van der Waals surface area contributed by atoms with Crippen LogP contribution in [0.25, 0.3) is 0 Å². The molecule has 2 aromatic rings. The average Bonchev–Trinajstić information content (AvgIpc) is 2.81. The second-order valence-electron chi connectivity index (χ2n) is 4.51. The monoisotopic (exact) mass is 341 g/mol. The van der Waals surface area contributed by atoms with E-state index in [2.05, 4.69) is 28.2 Å². The van der Waals surface area contributed by atoms with Crippen molar-refractivity contribution < 1.29 is 4.42 Å². The standard InChI is InChI=1S/C15H17BrClNO/c1-3-9-18-15(12-7-8-13(16)19-12)11-6-4-5-10(2)14(11)17/h4-8,15,18H,3,9H2,1-2H3. The molecule has 0 aliphatic rings. The second kappa shape index (κ2) is 6.60. The van der Waals surface area contributed by atoms with Crippen LogP contribution in [0.4, 0.5) is 0 Å². The number of benzene rings is 1. The van der Waals surface area contributed by atoms with Gasteiger partial charge in [-0.3, -0.25) is 0 Å². The Morgan fingerprint density at radius 1 is 1.32 bits per heavy atom. The van der Waals surface area contributed by atoms with Crippen LogP contribution in [0.1, 0.15) is 36.3 Å². The first-order valence-electron chi connectivity index (χ1n) is 6.37. The molecule has 0 aliphatic carbocycles. The van der Waals surface area contributed by atoms with Crippen molar-refractivity contribution in [3.05, 3.63) is 56.9 Å². The van der Waals surface area contributed by atoms with E-state index in [0.29, 0.717) is 0 Å². The molecule has 0 fully saturated rings. The van der Waals surface area contributed by atoms with Crippen LogP contribution >= 0.6 is 27.5 Å². The molecular formula is C15H17BrClNO. The minimum absolute atomic E-state index is 0.0151. The summed E-state index contributed by atoms with van der Waals surface area (Å²) in [5.74, 6) is 0.868. The molecule has 1 unspecified atom stereocenters. The highest BCUT2D eigenvalue weighted by Gasteiger charge is 2.20. The van der Waals surface area contributed by atoms with Crippen LogP contribution in [0, 0.1) is 6.92 Å². The van der Waals surface area contributed by atoms with E-state index in [9.17, 15) is 0 Å². The fourth-order valence-corrected chi connectivity index (χ4v) is 2.58. The number of aryl methyl sites for hydroxylation is 1. The summed E-state index contributed by atoms with van der Waals surface area (Å²) < 4.78 is 6.42. The third kappa shape index (κ3) is 3.41. The Morgan fingerprint density at radius 2 is 2.11 bits per heavy atom. The van der Waals surface area contributed by atoms with Gasteiger partial charge in [0.05, 0.1) is 6.04 Å². The largest absolute Gasteiger partial charge is 0.452 e. The topological polar surface area (TPSA) is 25.2 Å². The van der Waals surface area contributed by atoms with Crippen molar-refractivity contribution >= 4 is 27.5 Å². The van der Waals surface area contributed by atoms with Gasteiger partial charge in [-0.2, -0.15) is 0 Å². The normalized spacial score (nSPS) is 12.6. The van der Waals surface area contributed by atoms with Gasteiger partial charge < -0.3 is 9.73 Å². The highest BCUT2D eigenvalue weighted by atomic mass is 79.9. The van der Waals surface area contributed by atoms with Gasteiger partial charge in [-0.1, -0.05) is 36.7 Å². The molecule has 0 aliphatic heterocycles. The summed E-state index contributed by atoms with van der Waals surface area (Å²) in [6.07, 6.45) is 1.06. The van der Waals surface area contributed by atoms with Crippen molar-refractivity contribution in [2.45, 2.75) is 26.3 Å². The van der Waals surface area contributed by atoms with Crippen molar-refractivity contribution in [3.63, 3.8) is 0 Å². The fourth-order valence-electron chi connectivity index (χ4n) is 2.03. The maximum Gasteiger partial charge on any atom is 0.169 e. The predicted octanol–water partition coefficient (Wildman–Crippen LogP) is 5.09. The summed E-state index contributed by atoms with van der Waals surface area (Å²) in [7, 11) is 0. The Balaban J connectivity index is 2.39. The second-order valence-corrected chi connectivity index (χ2v) is 5.67. The highest BCUT2D eigenvalue weighted by Crippen LogP contribution is 2.32. The molecule has 102 valence electrons. The molecule has 0 saturated heterocycles. The van der Waals surface area contributed by atoms with Crippen molar-refractivity contribution in [2.24, 2.45) is 0 Å². The van der Waals surface area contributed by atoms with Gasteiger partial charge in [0.1, 0.15) is 5.76 Å². The first-order chi connectivity index (χ1) is 9.13. The Morgan fingerprint density at radius 3 is 2.74 bits per heavy atom.